The topological polar surface area (TPSA) is 77.4 Å². The van der Waals surface area contributed by atoms with Crippen molar-refractivity contribution in [1.29, 1.82) is 0 Å². The van der Waals surface area contributed by atoms with Crippen LogP contribution in [-0.4, -0.2) is 16.7 Å². The third kappa shape index (κ3) is 4.98. The van der Waals surface area contributed by atoms with Gasteiger partial charge in [0, 0.05) is 0 Å². The van der Waals surface area contributed by atoms with Crippen LogP contribution in [-0.2, 0) is 15.8 Å². The summed E-state index contributed by atoms with van der Waals surface area (Å²) in [5.41, 5.74) is -0.0322. The molecule has 4 nitrogen and oxygen atoms in total. The minimum absolute atomic E-state index is 0. The standard InChI is InChI=1S/C9H9O4P.Na/c10-8(14(13)9(11)12)6-7-4-2-1-3-5-7;/h1-5,9,11H,6H2;/q;+1. The van der Waals surface area contributed by atoms with Gasteiger partial charge in [-0.15, -0.1) is 0 Å². The van der Waals surface area contributed by atoms with Crippen LogP contribution in [0.15, 0.2) is 30.3 Å². The average molecular weight is 235 g/mol. The van der Waals surface area contributed by atoms with Gasteiger partial charge in [-0.1, -0.05) is 34.9 Å². The van der Waals surface area contributed by atoms with Gasteiger partial charge in [0.25, 0.3) is 0 Å². The Morgan fingerprint density at radius 1 is 1.40 bits per heavy atom. The molecule has 2 unspecified atom stereocenters. The molecule has 0 aliphatic rings. The number of aliphatic hydroxyl groups is 1. The molecule has 0 heterocycles. The van der Waals surface area contributed by atoms with Gasteiger partial charge in [0.1, 0.15) is 0 Å². The molecular weight excluding hydrogens is 226 g/mol. The summed E-state index contributed by atoms with van der Waals surface area (Å²) in [6.45, 7) is 0. The van der Waals surface area contributed by atoms with Crippen molar-refractivity contribution in [2.75, 3.05) is 0 Å². The Kier molecular flexibility index (Phi) is 7.18. The van der Waals surface area contributed by atoms with E-state index in [1.807, 2.05) is 0 Å². The molecule has 1 rings (SSSR count). The van der Waals surface area contributed by atoms with Gasteiger partial charge >= 0.3 is 42.9 Å². The number of benzene rings is 1. The third-order valence-corrected chi connectivity index (χ3v) is 2.70. The fourth-order valence-corrected chi connectivity index (χ4v) is 1.56. The summed E-state index contributed by atoms with van der Waals surface area (Å²) < 4.78 is 10.9. The fourth-order valence-electron chi connectivity index (χ4n) is 0.972. The van der Waals surface area contributed by atoms with Crippen LogP contribution >= 0.6 is 7.80 Å². The largest absolute Gasteiger partial charge is 1.00 e. The van der Waals surface area contributed by atoms with Gasteiger partial charge in [0.15, 0.2) is 6.03 Å². The van der Waals surface area contributed by atoms with E-state index in [0.29, 0.717) is 5.56 Å². The van der Waals surface area contributed by atoms with Crippen LogP contribution in [0.1, 0.15) is 5.56 Å². The van der Waals surface area contributed by atoms with Crippen LogP contribution in [0.4, 0.5) is 0 Å². The molecule has 6 heteroatoms. The molecular formula is C9H9NaO4P+. The number of aliphatic hydroxyl groups excluding tert-OH is 1. The predicted octanol–water partition coefficient (Wildman–Crippen LogP) is -2.78. The average Bonchev–Trinajstić information content (AvgIpc) is 2.18. The number of carbonyl (C=O) groups is 1. The van der Waals surface area contributed by atoms with Gasteiger partial charge in [-0.05, 0) is 5.56 Å². The first-order chi connectivity index (χ1) is 6.61. The second-order valence-corrected chi connectivity index (χ2v) is 4.30. The minimum Gasteiger partial charge on any atom is -0.790 e. The molecule has 0 aliphatic heterocycles. The zero-order valence-corrected chi connectivity index (χ0v) is 11.2. The van der Waals surface area contributed by atoms with Gasteiger partial charge in [-0.3, -0.25) is 0 Å². The molecule has 0 aliphatic carbocycles. The van der Waals surface area contributed by atoms with Crippen molar-refractivity contribution < 1.29 is 49.1 Å². The second-order valence-electron chi connectivity index (χ2n) is 2.71. The third-order valence-electron chi connectivity index (χ3n) is 1.64. The van der Waals surface area contributed by atoms with Crippen molar-refractivity contribution in [1.82, 2.24) is 0 Å². The Bertz CT molecular complexity index is 339. The van der Waals surface area contributed by atoms with E-state index in [4.69, 9.17) is 5.11 Å². The van der Waals surface area contributed by atoms with Crippen LogP contribution in [0.25, 0.3) is 0 Å². The molecule has 1 N–H and O–H groups in total. The zero-order chi connectivity index (χ0) is 10.6. The van der Waals surface area contributed by atoms with Gasteiger partial charge < -0.3 is 10.2 Å². The number of hydrogen-bond donors (Lipinski definition) is 1. The van der Waals surface area contributed by atoms with Crippen LogP contribution in [0.5, 0.6) is 0 Å². The Morgan fingerprint density at radius 2 is 1.93 bits per heavy atom. The van der Waals surface area contributed by atoms with Crippen LogP contribution in [0.2, 0.25) is 0 Å². The molecule has 0 aromatic heterocycles. The molecule has 0 saturated carbocycles. The summed E-state index contributed by atoms with van der Waals surface area (Å²) in [6.07, 6.45) is -0.0741. The molecule has 0 radical (unpaired) electrons. The van der Waals surface area contributed by atoms with E-state index in [0.717, 1.165) is 0 Å². The predicted molar refractivity (Wildman–Crippen MR) is 48.8 cm³/mol. The quantitative estimate of drug-likeness (QED) is 0.348. The van der Waals surface area contributed by atoms with E-state index in [9.17, 15) is 14.5 Å². The zero-order valence-electron chi connectivity index (χ0n) is 8.29. The summed E-state index contributed by atoms with van der Waals surface area (Å²) in [4.78, 5) is 11.1. The fraction of sp³-hybridized carbons (Fsp3) is 0.222. The molecule has 0 bridgehead atoms. The van der Waals surface area contributed by atoms with Crippen molar-refractivity contribution in [3.05, 3.63) is 35.9 Å². The molecule has 1 aromatic rings. The molecule has 0 fully saturated rings. The van der Waals surface area contributed by atoms with Crippen LogP contribution in [0.3, 0.4) is 0 Å². The van der Waals surface area contributed by atoms with E-state index in [-0.39, 0.29) is 36.0 Å². The van der Waals surface area contributed by atoms with Crippen molar-refractivity contribution in [2.45, 2.75) is 12.5 Å². The Labute approximate surface area is 110 Å². The number of carbonyl (C=O) groups excluding carboxylic acids is 1. The van der Waals surface area contributed by atoms with Gasteiger partial charge in [0.2, 0.25) is 0 Å². The molecule has 15 heavy (non-hydrogen) atoms. The van der Waals surface area contributed by atoms with Gasteiger partial charge in [-0.2, -0.15) is 0 Å². The van der Waals surface area contributed by atoms with Crippen molar-refractivity contribution in [2.24, 2.45) is 0 Å². The monoisotopic (exact) mass is 235 g/mol. The molecule has 0 saturated heterocycles. The van der Waals surface area contributed by atoms with E-state index in [2.05, 4.69) is 0 Å². The number of rotatable bonds is 4. The van der Waals surface area contributed by atoms with Crippen LogP contribution in [0, 0.1) is 0 Å². The van der Waals surface area contributed by atoms with Gasteiger partial charge in [-0.25, -0.2) is 4.79 Å². The maximum atomic E-state index is 11.1. The number of hydrogen-bond acceptors (Lipinski definition) is 4. The van der Waals surface area contributed by atoms with Crippen molar-refractivity contribution >= 4 is 13.3 Å². The SMILES string of the molecule is O=C(Cc1ccccc1)[P+](=O)C([O-])O.[Na+]. The van der Waals surface area contributed by atoms with Crippen molar-refractivity contribution in [3.8, 4) is 0 Å². The molecule has 0 amide bonds. The van der Waals surface area contributed by atoms with Gasteiger partial charge in [0.05, 0.1) is 6.42 Å². The van der Waals surface area contributed by atoms with Crippen LogP contribution < -0.4 is 34.7 Å². The normalized spacial score (nSPS) is 12.5. The van der Waals surface area contributed by atoms with E-state index >= 15 is 0 Å². The summed E-state index contributed by atoms with van der Waals surface area (Å²) in [5.74, 6) is 0. The maximum absolute atomic E-state index is 11.1. The minimum atomic E-state index is -2.71. The molecule has 1 aromatic carbocycles. The summed E-state index contributed by atoms with van der Waals surface area (Å²) in [7, 11) is -2.71. The Balaban J connectivity index is 0.00000196. The van der Waals surface area contributed by atoms with Crippen molar-refractivity contribution in [3.63, 3.8) is 0 Å². The Hall–Kier alpha value is -0.0900. The first kappa shape index (κ1) is 14.9. The molecule has 2 atom stereocenters. The molecule has 74 valence electrons. The Morgan fingerprint density at radius 3 is 2.40 bits per heavy atom. The summed E-state index contributed by atoms with van der Waals surface area (Å²) in [5, 5.41) is 18.7. The smallest absolute Gasteiger partial charge is 0.790 e. The first-order valence-electron chi connectivity index (χ1n) is 3.98. The van der Waals surface area contributed by atoms with E-state index in [1.54, 1.807) is 30.3 Å². The second kappa shape index (κ2) is 7.23. The van der Waals surface area contributed by atoms with E-state index < -0.39 is 19.4 Å². The van der Waals surface area contributed by atoms with E-state index in [1.165, 1.54) is 0 Å². The maximum Gasteiger partial charge on any atom is 1.00 e. The summed E-state index contributed by atoms with van der Waals surface area (Å²) in [6, 6.07) is 6.35. The molecule has 0 spiro atoms. The first-order valence-corrected chi connectivity index (χ1v) is 5.31. The summed E-state index contributed by atoms with van der Waals surface area (Å²) >= 11 is 0.